The Balaban J connectivity index is 0.00000176. The van der Waals surface area contributed by atoms with Gasteiger partial charge in [0.2, 0.25) is 0 Å². The Kier molecular flexibility index (Phi) is 6.56. The van der Waals surface area contributed by atoms with Gasteiger partial charge in [-0.15, -0.1) is 24.0 Å². The molecule has 22 heavy (non-hydrogen) atoms. The van der Waals surface area contributed by atoms with E-state index in [1.54, 1.807) is 0 Å². The molecule has 1 saturated heterocycles. The van der Waals surface area contributed by atoms with Gasteiger partial charge < -0.3 is 25.4 Å². The molecule has 0 radical (unpaired) electrons. The average Bonchev–Trinajstić information content (AvgIpc) is 2.66. The highest BCUT2D eigenvalue weighted by molar-refractivity contribution is 14.0. The second-order valence-electron chi connectivity index (χ2n) is 5.30. The summed E-state index contributed by atoms with van der Waals surface area (Å²) in [6.45, 7) is 5.44. The van der Waals surface area contributed by atoms with Crippen LogP contribution in [0.2, 0.25) is 0 Å². The van der Waals surface area contributed by atoms with Gasteiger partial charge in [-0.25, -0.2) is 0 Å². The number of guanidine groups is 1. The maximum atomic E-state index is 5.91. The number of fused-ring (bicyclic) bond motifs is 1. The zero-order valence-corrected chi connectivity index (χ0v) is 14.9. The predicted octanol–water partition coefficient (Wildman–Crippen LogP) is 1.90. The maximum Gasteiger partial charge on any atom is 0.193 e. The van der Waals surface area contributed by atoms with E-state index in [0.29, 0.717) is 19.2 Å². The molecule has 2 aliphatic rings. The van der Waals surface area contributed by atoms with Gasteiger partial charge in [-0.05, 0) is 31.6 Å². The van der Waals surface area contributed by atoms with Crippen LogP contribution in [0.5, 0.6) is 11.5 Å². The van der Waals surface area contributed by atoms with Crippen molar-refractivity contribution in [3.63, 3.8) is 0 Å². The van der Waals surface area contributed by atoms with E-state index in [4.69, 9.17) is 15.2 Å². The molecule has 0 amide bonds. The van der Waals surface area contributed by atoms with Gasteiger partial charge in [0.1, 0.15) is 0 Å². The Morgan fingerprint density at radius 1 is 1.18 bits per heavy atom. The van der Waals surface area contributed by atoms with Crippen molar-refractivity contribution in [3.05, 3.63) is 18.2 Å². The van der Waals surface area contributed by atoms with Crippen molar-refractivity contribution in [1.29, 1.82) is 0 Å². The molecule has 0 unspecified atom stereocenters. The Bertz CT molecular complexity index is 520. The first-order valence-electron chi connectivity index (χ1n) is 7.50. The van der Waals surface area contributed by atoms with Crippen molar-refractivity contribution in [2.24, 2.45) is 10.7 Å². The van der Waals surface area contributed by atoms with E-state index in [2.05, 4.69) is 15.2 Å². The number of anilines is 1. The molecule has 1 aromatic carbocycles. The number of hydrogen-bond acceptors (Lipinski definition) is 4. The third-order valence-electron chi connectivity index (χ3n) is 3.67. The van der Waals surface area contributed by atoms with Crippen LogP contribution in [0.15, 0.2) is 23.2 Å². The molecule has 1 fully saturated rings. The summed E-state index contributed by atoms with van der Waals surface area (Å²) in [5.41, 5.74) is 6.77. The van der Waals surface area contributed by atoms with E-state index < -0.39 is 0 Å². The second kappa shape index (κ2) is 8.42. The number of ether oxygens (including phenoxy) is 2. The van der Waals surface area contributed by atoms with Crippen LogP contribution in [0.25, 0.3) is 0 Å². The number of nitrogens with one attached hydrogen (secondary N) is 1. The van der Waals surface area contributed by atoms with Crippen LogP contribution < -0.4 is 20.5 Å². The summed E-state index contributed by atoms with van der Waals surface area (Å²) in [5.74, 6) is 1.97. The Morgan fingerprint density at radius 2 is 1.95 bits per heavy atom. The largest absolute Gasteiger partial charge is 0.490 e. The lowest BCUT2D eigenvalue weighted by atomic mass is 10.2. The standard InChI is InChI=1S/C15H22N4O2.HI/c16-15(17-5-8-19-6-1-7-19)18-12-3-4-13-14(11-12)21-10-2-9-20-13;/h3-4,11H,1-2,5-10H2,(H3,16,17,18);1H. The van der Waals surface area contributed by atoms with E-state index in [1.165, 1.54) is 19.5 Å². The lowest BCUT2D eigenvalue weighted by Crippen LogP contribution is -2.39. The molecule has 0 bridgehead atoms. The van der Waals surface area contributed by atoms with E-state index in [0.717, 1.165) is 36.7 Å². The van der Waals surface area contributed by atoms with Crippen LogP contribution in [-0.2, 0) is 0 Å². The number of likely N-dealkylation sites (tertiary alicyclic amines) is 1. The van der Waals surface area contributed by atoms with Crippen molar-refractivity contribution in [2.75, 3.05) is 44.7 Å². The number of hydrogen-bond donors (Lipinski definition) is 2. The number of halogens is 1. The molecule has 0 atom stereocenters. The lowest BCUT2D eigenvalue weighted by Gasteiger charge is -2.29. The summed E-state index contributed by atoms with van der Waals surface area (Å²) in [7, 11) is 0. The molecule has 3 N–H and O–H groups in total. The van der Waals surface area contributed by atoms with Gasteiger partial charge in [0.05, 0.1) is 19.8 Å². The van der Waals surface area contributed by atoms with Gasteiger partial charge in [0.15, 0.2) is 17.5 Å². The molecule has 2 aliphatic heterocycles. The summed E-state index contributed by atoms with van der Waals surface area (Å²) in [6, 6.07) is 5.72. The minimum Gasteiger partial charge on any atom is -0.490 e. The molecule has 0 spiro atoms. The third-order valence-corrected chi connectivity index (χ3v) is 3.67. The number of benzene rings is 1. The minimum atomic E-state index is 0. The summed E-state index contributed by atoms with van der Waals surface area (Å²) >= 11 is 0. The fraction of sp³-hybridized carbons (Fsp3) is 0.533. The molecule has 122 valence electrons. The van der Waals surface area contributed by atoms with E-state index in [1.807, 2.05) is 18.2 Å². The quantitative estimate of drug-likeness (QED) is 0.444. The Morgan fingerprint density at radius 3 is 2.68 bits per heavy atom. The summed E-state index contributed by atoms with van der Waals surface area (Å²) in [6.07, 6.45) is 2.20. The zero-order valence-electron chi connectivity index (χ0n) is 12.6. The molecular formula is C15H23IN4O2. The highest BCUT2D eigenvalue weighted by Gasteiger charge is 2.12. The molecule has 2 heterocycles. The maximum absolute atomic E-state index is 5.91. The van der Waals surface area contributed by atoms with Gasteiger partial charge in [-0.2, -0.15) is 0 Å². The topological polar surface area (TPSA) is 72.1 Å². The van der Waals surface area contributed by atoms with Gasteiger partial charge in [0.25, 0.3) is 0 Å². The molecule has 1 aromatic rings. The molecule has 0 aliphatic carbocycles. The smallest absolute Gasteiger partial charge is 0.193 e. The molecule has 6 nitrogen and oxygen atoms in total. The highest BCUT2D eigenvalue weighted by Crippen LogP contribution is 2.32. The molecule has 7 heteroatoms. The van der Waals surface area contributed by atoms with E-state index in [9.17, 15) is 0 Å². The molecule has 0 aromatic heterocycles. The van der Waals surface area contributed by atoms with Crippen LogP contribution in [0.1, 0.15) is 12.8 Å². The molecule has 0 saturated carbocycles. The average molecular weight is 418 g/mol. The van der Waals surface area contributed by atoms with Crippen molar-refractivity contribution in [1.82, 2.24) is 4.90 Å². The van der Waals surface area contributed by atoms with Crippen LogP contribution in [-0.4, -0.2) is 50.3 Å². The van der Waals surface area contributed by atoms with Crippen LogP contribution in [0.3, 0.4) is 0 Å². The predicted molar refractivity (Wildman–Crippen MR) is 98.6 cm³/mol. The Hall–Kier alpha value is -1.22. The molecular weight excluding hydrogens is 395 g/mol. The summed E-state index contributed by atoms with van der Waals surface area (Å²) in [5, 5.41) is 3.10. The Labute approximate surface area is 148 Å². The van der Waals surface area contributed by atoms with Crippen molar-refractivity contribution in [2.45, 2.75) is 12.8 Å². The normalized spacial score (nSPS) is 17.9. The summed E-state index contributed by atoms with van der Waals surface area (Å²) in [4.78, 5) is 6.71. The number of nitrogens with zero attached hydrogens (tertiary/aromatic N) is 2. The van der Waals surface area contributed by atoms with E-state index in [-0.39, 0.29) is 24.0 Å². The second-order valence-corrected chi connectivity index (χ2v) is 5.30. The monoisotopic (exact) mass is 418 g/mol. The fourth-order valence-electron chi connectivity index (χ4n) is 2.35. The van der Waals surface area contributed by atoms with Crippen molar-refractivity contribution < 1.29 is 9.47 Å². The number of nitrogens with two attached hydrogens (primary N) is 1. The highest BCUT2D eigenvalue weighted by atomic mass is 127. The van der Waals surface area contributed by atoms with E-state index >= 15 is 0 Å². The first-order valence-corrected chi connectivity index (χ1v) is 7.50. The molecule has 3 rings (SSSR count). The van der Waals surface area contributed by atoms with Crippen molar-refractivity contribution >= 4 is 35.6 Å². The van der Waals surface area contributed by atoms with Crippen LogP contribution in [0.4, 0.5) is 5.69 Å². The number of aliphatic imine (C=N–C) groups is 1. The van der Waals surface area contributed by atoms with Gasteiger partial charge in [0, 0.05) is 24.7 Å². The van der Waals surface area contributed by atoms with Gasteiger partial charge in [-0.1, -0.05) is 0 Å². The van der Waals surface area contributed by atoms with Crippen molar-refractivity contribution in [3.8, 4) is 11.5 Å². The van der Waals surface area contributed by atoms with Gasteiger partial charge in [-0.3, -0.25) is 4.99 Å². The minimum absolute atomic E-state index is 0. The third kappa shape index (κ3) is 4.64. The SMILES string of the molecule is I.NC(=NCCN1CCC1)Nc1ccc2c(c1)OCCCO2. The van der Waals surface area contributed by atoms with Crippen LogP contribution >= 0.6 is 24.0 Å². The lowest BCUT2D eigenvalue weighted by molar-refractivity contribution is 0.187. The van der Waals surface area contributed by atoms with Crippen LogP contribution in [0, 0.1) is 0 Å². The van der Waals surface area contributed by atoms with Gasteiger partial charge >= 0.3 is 0 Å². The zero-order chi connectivity index (χ0) is 14.5. The first kappa shape index (κ1) is 17.1. The fourth-order valence-corrected chi connectivity index (χ4v) is 2.35. The number of rotatable bonds is 4. The summed E-state index contributed by atoms with van der Waals surface area (Å²) < 4.78 is 11.3. The first-order chi connectivity index (χ1) is 10.3.